The molecule has 0 radical (unpaired) electrons. The van der Waals surface area contributed by atoms with Crippen molar-refractivity contribution in [2.75, 3.05) is 46.5 Å². The number of carbonyl (C=O) groups is 5. The van der Waals surface area contributed by atoms with E-state index in [1.807, 2.05) is 24.3 Å². The van der Waals surface area contributed by atoms with Crippen LogP contribution in [0.4, 0.5) is 0 Å². The van der Waals surface area contributed by atoms with Gasteiger partial charge in [0.2, 0.25) is 17.7 Å². The maximum absolute atomic E-state index is 14.7. The van der Waals surface area contributed by atoms with Crippen LogP contribution in [-0.4, -0.2) is 142 Å². The van der Waals surface area contributed by atoms with Crippen molar-refractivity contribution in [1.82, 2.24) is 30.8 Å². The molecule has 6 atom stereocenters. The predicted octanol–water partition coefficient (Wildman–Crippen LogP) is 1.31. The summed E-state index contributed by atoms with van der Waals surface area (Å²) in [7, 11) is 1.29. The SMILES string of the molecule is Cc1nc(-c2ccc(OCCC(C)(C)C)cc2)ncc1C(=O)N[C@@H](CCN)C(=O)N(C)[C@@H]1C(=O)N[C@@H](C)C(=O)N[C@H](C(=O)O)Cc2ccc(OC[C@H](O)CN)c(c2)-c2cc1cc(OC[C@H](O)CN)c2O. The van der Waals surface area contributed by atoms with Gasteiger partial charge in [0, 0.05) is 49.4 Å². The standard InChI is InChI=1S/C49H65N9O12/c1-26-36(23-53-43(54-26)29-8-10-33(11-9-29)68-16-14-49(3,4)5)45(63)56-37(13-15-50)47(65)58(6)41-30-19-35(42(61)40(20-30)70-25-32(60)22-52)34-17-28(7-12-39(34)69-24-31(59)21-51)18-38(48(66)67)57-44(62)27(2)55-46(41)64/h7-12,17,19-20,23,27,31-32,37-38,41,59-61H,13-16,18,21-22,24-25,50-52H2,1-6H3,(H,55,64)(H,56,63)(H,57,62)(H,66,67)/t27-,31+,32+,37-,38-,41-/m0/s1. The van der Waals surface area contributed by atoms with E-state index in [4.69, 9.17) is 31.4 Å². The molecule has 4 amide bonds. The van der Waals surface area contributed by atoms with Crippen molar-refractivity contribution in [2.24, 2.45) is 22.6 Å². The number of phenolic OH excluding ortho intramolecular Hbond substituents is 1. The summed E-state index contributed by atoms with van der Waals surface area (Å²) in [5.41, 5.74) is 18.9. The fraction of sp³-hybridized carbons (Fsp3) is 0.449. The third-order valence-corrected chi connectivity index (χ3v) is 11.5. The molecular formula is C49H65N9O12. The van der Waals surface area contributed by atoms with Crippen molar-refractivity contribution >= 4 is 29.6 Å². The average Bonchev–Trinajstić information content (AvgIpc) is 3.31. The molecule has 3 aromatic carbocycles. The monoisotopic (exact) mass is 971 g/mol. The predicted molar refractivity (Wildman–Crippen MR) is 258 cm³/mol. The topological polar surface area (TPSA) is 337 Å². The Balaban J connectivity index is 1.55. The Morgan fingerprint density at radius 3 is 2.16 bits per heavy atom. The lowest BCUT2D eigenvalue weighted by Crippen LogP contribution is -2.55. The maximum atomic E-state index is 14.7. The van der Waals surface area contributed by atoms with Crippen LogP contribution in [0.5, 0.6) is 23.0 Å². The smallest absolute Gasteiger partial charge is 0.326 e. The van der Waals surface area contributed by atoms with Crippen LogP contribution in [0.25, 0.3) is 22.5 Å². The number of hydrogen-bond acceptors (Lipinski definition) is 16. The summed E-state index contributed by atoms with van der Waals surface area (Å²) in [6, 6.07) is 8.52. The lowest BCUT2D eigenvalue weighted by atomic mass is 9.93. The number of nitrogens with two attached hydrogens (primary N) is 3. The van der Waals surface area contributed by atoms with E-state index >= 15 is 0 Å². The van der Waals surface area contributed by atoms with Gasteiger partial charge in [0.1, 0.15) is 61.1 Å². The van der Waals surface area contributed by atoms with E-state index in [0.717, 1.165) is 11.3 Å². The number of carboxylic acids is 1. The number of hydrogen-bond donors (Lipinski definition) is 10. The largest absolute Gasteiger partial charge is 0.504 e. The molecule has 4 bridgehead atoms. The van der Waals surface area contributed by atoms with Gasteiger partial charge in [-0.25, -0.2) is 14.8 Å². The van der Waals surface area contributed by atoms with Crippen molar-refractivity contribution in [1.29, 1.82) is 0 Å². The summed E-state index contributed by atoms with van der Waals surface area (Å²) in [5.74, 6) is -4.38. The molecule has 378 valence electrons. The number of aromatic nitrogens is 2. The van der Waals surface area contributed by atoms with Gasteiger partial charge in [0.25, 0.3) is 5.91 Å². The maximum Gasteiger partial charge on any atom is 0.326 e. The number of fused-ring (bicyclic) bond motifs is 5. The summed E-state index contributed by atoms with van der Waals surface area (Å²) < 4.78 is 17.7. The van der Waals surface area contributed by atoms with E-state index < -0.39 is 78.3 Å². The number of carbonyl (C=O) groups excluding carboxylic acids is 4. The highest BCUT2D eigenvalue weighted by atomic mass is 16.5. The number of carboxylic acid groups (broad SMARTS) is 1. The molecule has 21 nitrogen and oxygen atoms in total. The van der Waals surface area contributed by atoms with Crippen LogP contribution in [-0.2, 0) is 25.6 Å². The average molecular weight is 972 g/mol. The minimum atomic E-state index is -1.66. The van der Waals surface area contributed by atoms with Gasteiger partial charge in [0.15, 0.2) is 17.3 Å². The van der Waals surface area contributed by atoms with Gasteiger partial charge in [-0.1, -0.05) is 26.8 Å². The Bertz CT molecular complexity index is 2500. The highest BCUT2D eigenvalue weighted by Gasteiger charge is 2.37. The number of aryl methyl sites for hydroxylation is 1. The second-order valence-electron chi connectivity index (χ2n) is 18.3. The minimum absolute atomic E-state index is 0.00646. The number of amides is 4. The molecule has 1 aliphatic heterocycles. The molecule has 21 heteroatoms. The first-order chi connectivity index (χ1) is 33.1. The molecule has 4 aromatic rings. The van der Waals surface area contributed by atoms with Gasteiger partial charge in [-0.3, -0.25) is 19.2 Å². The van der Waals surface area contributed by atoms with Crippen LogP contribution in [0.2, 0.25) is 0 Å². The van der Waals surface area contributed by atoms with Crippen molar-refractivity contribution in [3.05, 3.63) is 83.2 Å². The number of aliphatic hydroxyl groups is 2. The third-order valence-electron chi connectivity index (χ3n) is 11.5. The highest BCUT2D eigenvalue weighted by Crippen LogP contribution is 2.45. The Hall–Kier alpha value is -6.91. The molecule has 5 rings (SSSR count). The van der Waals surface area contributed by atoms with Gasteiger partial charge in [-0.15, -0.1) is 0 Å². The van der Waals surface area contributed by atoms with Gasteiger partial charge >= 0.3 is 5.97 Å². The van der Waals surface area contributed by atoms with Crippen molar-refractivity contribution in [3.8, 4) is 45.5 Å². The van der Waals surface area contributed by atoms with Crippen LogP contribution < -0.4 is 47.4 Å². The number of ether oxygens (including phenoxy) is 3. The van der Waals surface area contributed by atoms with Crippen molar-refractivity contribution in [3.63, 3.8) is 0 Å². The van der Waals surface area contributed by atoms with Gasteiger partial charge in [-0.05, 0) is 98.3 Å². The normalized spacial score (nSPS) is 17.4. The third kappa shape index (κ3) is 14.1. The molecular weight excluding hydrogens is 907 g/mol. The van der Waals surface area contributed by atoms with Gasteiger partial charge in [0.05, 0.1) is 17.9 Å². The fourth-order valence-corrected chi connectivity index (χ4v) is 7.33. The Morgan fingerprint density at radius 1 is 0.900 bits per heavy atom. The molecule has 0 fully saturated rings. The minimum Gasteiger partial charge on any atom is -0.504 e. The first-order valence-corrected chi connectivity index (χ1v) is 22.8. The molecule has 1 aromatic heterocycles. The van der Waals surface area contributed by atoms with Gasteiger partial charge in [-0.2, -0.15) is 0 Å². The number of nitrogens with zero attached hydrogens (tertiary/aromatic N) is 3. The zero-order chi connectivity index (χ0) is 51.4. The Labute approximate surface area is 406 Å². The summed E-state index contributed by atoms with van der Waals surface area (Å²) in [4.78, 5) is 79.4. The number of phenols is 1. The number of aliphatic carboxylic acids is 1. The number of nitrogens with one attached hydrogen (secondary N) is 3. The highest BCUT2D eigenvalue weighted by molar-refractivity contribution is 6.00. The molecule has 0 aliphatic carbocycles. The molecule has 2 heterocycles. The molecule has 0 unspecified atom stereocenters. The fourth-order valence-electron chi connectivity index (χ4n) is 7.33. The second kappa shape index (κ2) is 24.1. The van der Waals surface area contributed by atoms with Crippen LogP contribution in [0.1, 0.15) is 73.8 Å². The molecule has 13 N–H and O–H groups in total. The number of aliphatic hydroxyl groups excluding tert-OH is 2. The quantitative estimate of drug-likeness (QED) is 0.0633. The van der Waals surface area contributed by atoms with E-state index in [0.29, 0.717) is 35.0 Å². The van der Waals surface area contributed by atoms with E-state index in [-0.39, 0.29) is 78.3 Å². The summed E-state index contributed by atoms with van der Waals surface area (Å²) >= 11 is 0. The second-order valence-corrected chi connectivity index (χ2v) is 18.3. The van der Waals surface area contributed by atoms with Crippen molar-refractivity contribution < 1.29 is 58.6 Å². The molecule has 0 saturated heterocycles. The molecule has 70 heavy (non-hydrogen) atoms. The first kappa shape index (κ1) is 54.0. The van der Waals surface area contributed by atoms with Crippen molar-refractivity contribution in [2.45, 2.75) is 90.3 Å². The zero-order valence-corrected chi connectivity index (χ0v) is 40.2. The molecule has 0 saturated carbocycles. The van der Waals surface area contributed by atoms with E-state index in [1.54, 1.807) is 6.92 Å². The lowest BCUT2D eigenvalue weighted by Gasteiger charge is -2.33. The summed E-state index contributed by atoms with van der Waals surface area (Å²) in [6.07, 6.45) is -0.441. The van der Waals surface area contributed by atoms with Crippen LogP contribution in [0.15, 0.2) is 60.8 Å². The summed E-state index contributed by atoms with van der Waals surface area (Å²) in [6.45, 7) is 8.74. The van der Waals surface area contributed by atoms with Crippen LogP contribution in [0.3, 0.4) is 0 Å². The number of likely N-dealkylation sites (N-methyl/N-ethyl adjacent to an activating group) is 1. The number of rotatable bonds is 19. The Morgan fingerprint density at radius 2 is 1.56 bits per heavy atom. The number of aromatic hydroxyl groups is 1. The van der Waals surface area contributed by atoms with E-state index in [1.165, 1.54) is 50.5 Å². The van der Waals surface area contributed by atoms with E-state index in [9.17, 15) is 44.4 Å². The summed E-state index contributed by atoms with van der Waals surface area (Å²) in [5, 5.41) is 50.4. The van der Waals surface area contributed by atoms with Crippen LogP contribution >= 0.6 is 0 Å². The lowest BCUT2D eigenvalue weighted by molar-refractivity contribution is -0.143. The molecule has 1 aliphatic rings. The first-order valence-electron chi connectivity index (χ1n) is 22.8. The van der Waals surface area contributed by atoms with E-state index in [2.05, 4.69) is 46.7 Å². The zero-order valence-electron chi connectivity index (χ0n) is 40.2. The van der Waals surface area contributed by atoms with Crippen LogP contribution in [0, 0.1) is 12.3 Å². The Kier molecular flexibility index (Phi) is 18.6. The molecule has 0 spiro atoms. The number of benzene rings is 3. The van der Waals surface area contributed by atoms with Gasteiger partial charge < -0.3 is 72.7 Å².